The normalized spacial score (nSPS) is 11.3. The Hall–Kier alpha value is -1.86. The molecule has 5 nitrogen and oxygen atoms in total. The highest BCUT2D eigenvalue weighted by atomic mass is 35.5. The minimum absolute atomic E-state index is 0.115. The van der Waals surface area contributed by atoms with Gasteiger partial charge >= 0.3 is 0 Å². The molecule has 8 heteroatoms. The Morgan fingerprint density at radius 2 is 2.10 bits per heavy atom. The molecular formula is C12H11ClFN3O2S. The molecule has 2 aromatic rings. The summed E-state index contributed by atoms with van der Waals surface area (Å²) in [4.78, 5) is 3.67. The second-order valence-electron chi connectivity index (χ2n) is 4.10. The molecule has 0 aliphatic rings. The zero-order chi connectivity index (χ0) is 14.9. The quantitative estimate of drug-likeness (QED) is 0.852. The molecule has 0 amide bonds. The fraction of sp³-hybridized carbons (Fsp3) is 0.0833. The first-order chi connectivity index (χ1) is 9.31. The van der Waals surface area contributed by atoms with Crippen molar-refractivity contribution in [1.29, 1.82) is 0 Å². The lowest BCUT2D eigenvalue weighted by Gasteiger charge is -2.12. The summed E-state index contributed by atoms with van der Waals surface area (Å²) < 4.78 is 40.1. The highest BCUT2D eigenvalue weighted by Gasteiger charge is 2.20. The molecule has 0 saturated heterocycles. The van der Waals surface area contributed by atoms with Crippen molar-refractivity contribution in [3.63, 3.8) is 0 Å². The standard InChI is InChI=1S/C12H11ClFN3O2S/c1-7-4-9(14)10(15)5-12(7)20(18,19)17-11-6-16-3-2-8(11)13/h2-6,17H,15H2,1H3. The number of aryl methyl sites for hydroxylation is 1. The van der Waals surface area contributed by atoms with Crippen LogP contribution in [0.4, 0.5) is 15.8 Å². The van der Waals surface area contributed by atoms with Crippen molar-refractivity contribution in [3.05, 3.63) is 47.0 Å². The van der Waals surface area contributed by atoms with Crippen molar-refractivity contribution < 1.29 is 12.8 Å². The number of nitrogens with zero attached hydrogens (tertiary/aromatic N) is 1. The SMILES string of the molecule is Cc1cc(F)c(N)cc1S(=O)(=O)Nc1cnccc1Cl. The number of nitrogen functional groups attached to an aromatic ring is 1. The number of sulfonamides is 1. The number of hydrogen-bond acceptors (Lipinski definition) is 4. The van der Waals surface area contributed by atoms with E-state index in [9.17, 15) is 12.8 Å². The lowest BCUT2D eigenvalue weighted by Crippen LogP contribution is -2.15. The summed E-state index contributed by atoms with van der Waals surface area (Å²) in [6.07, 6.45) is 2.71. The molecule has 0 radical (unpaired) electrons. The average Bonchev–Trinajstić information content (AvgIpc) is 2.36. The minimum Gasteiger partial charge on any atom is -0.396 e. The first-order valence-electron chi connectivity index (χ1n) is 5.49. The number of hydrogen-bond donors (Lipinski definition) is 2. The summed E-state index contributed by atoms with van der Waals surface area (Å²) >= 11 is 5.86. The van der Waals surface area contributed by atoms with Crippen LogP contribution < -0.4 is 10.5 Å². The second kappa shape index (κ2) is 5.26. The van der Waals surface area contributed by atoms with Crippen LogP contribution in [0.25, 0.3) is 0 Å². The number of pyridine rings is 1. The van der Waals surface area contributed by atoms with Crippen molar-refractivity contribution >= 4 is 33.0 Å². The van der Waals surface area contributed by atoms with E-state index >= 15 is 0 Å². The molecule has 2 rings (SSSR count). The van der Waals surface area contributed by atoms with Gasteiger partial charge in [0.25, 0.3) is 10.0 Å². The van der Waals surface area contributed by atoms with E-state index in [1.807, 2.05) is 0 Å². The van der Waals surface area contributed by atoms with Gasteiger partial charge in [-0.15, -0.1) is 0 Å². The third-order valence-electron chi connectivity index (χ3n) is 2.60. The molecule has 3 N–H and O–H groups in total. The van der Waals surface area contributed by atoms with Crippen molar-refractivity contribution in [3.8, 4) is 0 Å². The Labute approximate surface area is 120 Å². The molecule has 1 aromatic carbocycles. The lowest BCUT2D eigenvalue weighted by atomic mass is 10.2. The Bertz CT molecular complexity index is 765. The molecule has 0 atom stereocenters. The van der Waals surface area contributed by atoms with Crippen molar-refractivity contribution in [2.24, 2.45) is 0 Å². The fourth-order valence-corrected chi connectivity index (χ4v) is 3.15. The number of nitrogens with one attached hydrogen (secondary N) is 1. The minimum atomic E-state index is -3.93. The highest BCUT2D eigenvalue weighted by Crippen LogP contribution is 2.26. The summed E-state index contributed by atoms with van der Waals surface area (Å²) in [5, 5.41) is 0.205. The van der Waals surface area contributed by atoms with Crippen LogP contribution in [0.3, 0.4) is 0 Å². The number of nitrogens with two attached hydrogens (primary N) is 1. The van der Waals surface area contributed by atoms with Gasteiger partial charge in [-0.2, -0.15) is 0 Å². The van der Waals surface area contributed by atoms with Crippen molar-refractivity contribution in [2.75, 3.05) is 10.5 Å². The molecule has 1 aromatic heterocycles. The van der Waals surface area contributed by atoms with Crippen molar-refractivity contribution in [1.82, 2.24) is 4.98 Å². The number of anilines is 2. The lowest BCUT2D eigenvalue weighted by molar-refractivity contribution is 0.599. The van der Waals surface area contributed by atoms with E-state index in [0.29, 0.717) is 0 Å². The van der Waals surface area contributed by atoms with Crippen LogP contribution in [0.5, 0.6) is 0 Å². The summed E-state index contributed by atoms with van der Waals surface area (Å²) in [5.74, 6) is -0.666. The average molecular weight is 316 g/mol. The number of halogens is 2. The molecule has 0 aliphatic heterocycles. The molecule has 0 fully saturated rings. The van der Waals surface area contributed by atoms with Crippen molar-refractivity contribution in [2.45, 2.75) is 11.8 Å². The van der Waals surface area contributed by atoms with Crippen LogP contribution in [0, 0.1) is 12.7 Å². The fourth-order valence-electron chi connectivity index (χ4n) is 1.61. The van der Waals surface area contributed by atoms with Gasteiger partial charge in [0, 0.05) is 6.20 Å². The summed E-state index contributed by atoms with van der Waals surface area (Å²) in [6, 6.07) is 3.58. The van der Waals surface area contributed by atoms with E-state index in [0.717, 1.165) is 12.1 Å². The Balaban J connectivity index is 2.47. The van der Waals surface area contributed by atoms with Gasteiger partial charge in [-0.05, 0) is 30.7 Å². The maximum Gasteiger partial charge on any atom is 0.262 e. The monoisotopic (exact) mass is 315 g/mol. The molecule has 0 spiro atoms. The Morgan fingerprint density at radius 3 is 2.75 bits per heavy atom. The second-order valence-corrected chi connectivity index (χ2v) is 6.16. The van der Waals surface area contributed by atoms with Crippen LogP contribution >= 0.6 is 11.6 Å². The van der Waals surface area contributed by atoms with Gasteiger partial charge in [-0.1, -0.05) is 11.6 Å². The Kier molecular flexibility index (Phi) is 3.82. The van der Waals surface area contributed by atoms with Gasteiger partial charge in [0.05, 0.1) is 27.5 Å². The van der Waals surface area contributed by atoms with Gasteiger partial charge < -0.3 is 5.73 Å². The van der Waals surface area contributed by atoms with Gasteiger partial charge in [0.1, 0.15) is 5.82 Å². The molecule has 0 saturated carbocycles. The molecule has 1 heterocycles. The van der Waals surface area contributed by atoms with E-state index in [2.05, 4.69) is 9.71 Å². The van der Waals surface area contributed by atoms with Crippen LogP contribution in [0.1, 0.15) is 5.56 Å². The first-order valence-corrected chi connectivity index (χ1v) is 7.35. The summed E-state index contributed by atoms with van der Waals surface area (Å²) in [6.45, 7) is 1.47. The van der Waals surface area contributed by atoms with E-state index in [1.165, 1.54) is 25.4 Å². The number of benzene rings is 1. The third-order valence-corrected chi connectivity index (χ3v) is 4.43. The maximum absolute atomic E-state index is 13.3. The molecule has 20 heavy (non-hydrogen) atoms. The van der Waals surface area contributed by atoms with Gasteiger partial charge in [0.2, 0.25) is 0 Å². The maximum atomic E-state index is 13.3. The molecule has 0 bridgehead atoms. The van der Waals surface area contributed by atoms with Crippen LogP contribution in [-0.4, -0.2) is 13.4 Å². The van der Waals surface area contributed by atoms with Crippen LogP contribution in [-0.2, 0) is 10.0 Å². The van der Waals surface area contributed by atoms with Gasteiger partial charge in [-0.25, -0.2) is 12.8 Å². The predicted octanol–water partition coefficient (Wildman–Crippen LogP) is 2.57. The zero-order valence-electron chi connectivity index (χ0n) is 10.4. The highest BCUT2D eigenvalue weighted by molar-refractivity contribution is 7.92. The van der Waals surface area contributed by atoms with E-state index < -0.39 is 15.8 Å². The summed E-state index contributed by atoms with van der Waals surface area (Å²) in [5.41, 5.74) is 5.54. The van der Waals surface area contributed by atoms with E-state index in [-0.39, 0.29) is 26.9 Å². The smallest absolute Gasteiger partial charge is 0.262 e. The zero-order valence-corrected chi connectivity index (χ0v) is 12.0. The van der Waals surface area contributed by atoms with Crippen LogP contribution in [0.15, 0.2) is 35.5 Å². The Morgan fingerprint density at radius 1 is 1.40 bits per heavy atom. The van der Waals surface area contributed by atoms with Gasteiger partial charge in [-0.3, -0.25) is 9.71 Å². The third kappa shape index (κ3) is 2.83. The molecule has 106 valence electrons. The molecule has 0 unspecified atom stereocenters. The summed E-state index contributed by atoms with van der Waals surface area (Å²) in [7, 11) is -3.93. The predicted molar refractivity (Wildman–Crippen MR) is 75.6 cm³/mol. The van der Waals surface area contributed by atoms with E-state index in [4.69, 9.17) is 17.3 Å². The largest absolute Gasteiger partial charge is 0.396 e. The topological polar surface area (TPSA) is 85.1 Å². The number of rotatable bonds is 3. The first kappa shape index (κ1) is 14.5. The van der Waals surface area contributed by atoms with Gasteiger partial charge in [0.15, 0.2) is 0 Å². The number of aromatic nitrogens is 1. The molecular weight excluding hydrogens is 305 g/mol. The molecule has 0 aliphatic carbocycles. The van der Waals surface area contributed by atoms with Crippen LogP contribution in [0.2, 0.25) is 5.02 Å². The van der Waals surface area contributed by atoms with E-state index in [1.54, 1.807) is 0 Å².